The molecule has 0 atom stereocenters. The number of nitrogens with zero attached hydrogens (tertiary/aromatic N) is 1. The Bertz CT molecular complexity index is 668. The van der Waals surface area contributed by atoms with Gasteiger partial charge >= 0.3 is 5.97 Å². The highest BCUT2D eigenvalue weighted by Crippen LogP contribution is 2.26. The average Bonchev–Trinajstić information content (AvgIpc) is 2.54. The third-order valence-corrected chi connectivity index (χ3v) is 2.65. The lowest BCUT2D eigenvalue weighted by Crippen LogP contribution is -2.13. The number of fused-ring (bicyclic) bond motifs is 1. The molecule has 0 saturated carbocycles. The first-order valence-corrected chi connectivity index (χ1v) is 6.43. The van der Waals surface area contributed by atoms with E-state index in [1.54, 1.807) is 12.1 Å². The third-order valence-electron chi connectivity index (χ3n) is 2.65. The van der Waals surface area contributed by atoms with E-state index >= 15 is 0 Å². The number of hydrogen-bond donors (Lipinski definition) is 1. The van der Waals surface area contributed by atoms with Crippen molar-refractivity contribution in [3.8, 4) is 5.75 Å². The monoisotopic (exact) mass is 290 g/mol. The van der Waals surface area contributed by atoms with Crippen molar-refractivity contribution in [3.05, 3.63) is 35.5 Å². The third kappa shape index (κ3) is 3.47. The van der Waals surface area contributed by atoms with Crippen LogP contribution in [0.1, 0.15) is 34.7 Å². The van der Waals surface area contributed by atoms with Gasteiger partial charge in [-0.3, -0.25) is 4.79 Å². The van der Waals surface area contributed by atoms with Gasteiger partial charge in [0.25, 0.3) is 5.91 Å². The second-order valence-electron chi connectivity index (χ2n) is 3.80. The van der Waals surface area contributed by atoms with Crippen LogP contribution in [0.3, 0.4) is 0 Å². The number of aromatic nitrogens is 1. The van der Waals surface area contributed by atoms with Gasteiger partial charge in [-0.25, -0.2) is 9.78 Å². The average molecular weight is 290 g/mol. The number of amides is 1. The van der Waals surface area contributed by atoms with Crippen molar-refractivity contribution in [2.75, 3.05) is 14.2 Å². The summed E-state index contributed by atoms with van der Waals surface area (Å²) in [4.78, 5) is 26.8. The fourth-order valence-corrected chi connectivity index (χ4v) is 1.73. The lowest BCUT2D eigenvalue weighted by Gasteiger charge is -2.08. The van der Waals surface area contributed by atoms with Crippen molar-refractivity contribution in [2.24, 2.45) is 5.73 Å². The topological polar surface area (TPSA) is 91.5 Å². The second-order valence-corrected chi connectivity index (χ2v) is 3.80. The molecule has 0 unspecified atom stereocenters. The van der Waals surface area contributed by atoms with Crippen LogP contribution in [0.5, 0.6) is 5.75 Å². The second kappa shape index (κ2) is 7.23. The van der Waals surface area contributed by atoms with Crippen LogP contribution in [0.4, 0.5) is 0 Å². The Labute approximate surface area is 122 Å². The molecule has 0 saturated heterocycles. The van der Waals surface area contributed by atoms with Gasteiger partial charge in [-0.1, -0.05) is 19.9 Å². The number of rotatable bonds is 3. The molecule has 2 N–H and O–H groups in total. The summed E-state index contributed by atoms with van der Waals surface area (Å²) in [6.07, 6.45) is 0. The van der Waals surface area contributed by atoms with Gasteiger partial charge in [0, 0.05) is 5.39 Å². The van der Waals surface area contributed by atoms with Gasteiger partial charge in [0.2, 0.25) is 0 Å². The molecule has 0 radical (unpaired) electrons. The number of esters is 1. The Morgan fingerprint density at radius 2 is 1.81 bits per heavy atom. The Balaban J connectivity index is 0.00000106. The minimum atomic E-state index is -0.624. The van der Waals surface area contributed by atoms with Gasteiger partial charge in [-0.05, 0) is 18.2 Å². The summed E-state index contributed by atoms with van der Waals surface area (Å²) in [5.41, 5.74) is 6.13. The molecule has 0 fully saturated rings. The van der Waals surface area contributed by atoms with Crippen molar-refractivity contribution >= 4 is 22.8 Å². The van der Waals surface area contributed by atoms with E-state index in [9.17, 15) is 9.59 Å². The number of hydrogen-bond acceptors (Lipinski definition) is 5. The molecule has 1 amide bonds. The van der Waals surface area contributed by atoms with E-state index in [-0.39, 0.29) is 5.69 Å². The molecule has 0 bridgehead atoms. The molecule has 6 heteroatoms. The smallest absolute Gasteiger partial charge is 0.338 e. The van der Waals surface area contributed by atoms with Gasteiger partial charge in [-0.15, -0.1) is 0 Å². The van der Waals surface area contributed by atoms with Crippen molar-refractivity contribution in [1.82, 2.24) is 4.98 Å². The number of nitrogens with two attached hydrogens (primary N) is 1. The lowest BCUT2D eigenvalue weighted by atomic mass is 10.1. The predicted octanol–water partition coefficient (Wildman–Crippen LogP) is 2.16. The fraction of sp³-hybridized carbons (Fsp3) is 0.267. The SMILES string of the molecule is CC.COC(=O)c1cc(OC)c2nc(C(N)=O)ccc2c1. The van der Waals surface area contributed by atoms with E-state index < -0.39 is 11.9 Å². The Morgan fingerprint density at radius 1 is 1.14 bits per heavy atom. The Hall–Kier alpha value is -2.63. The van der Waals surface area contributed by atoms with Gasteiger partial charge in [0.05, 0.1) is 19.8 Å². The molecule has 1 aromatic carbocycles. The van der Waals surface area contributed by atoms with E-state index in [2.05, 4.69) is 9.72 Å². The summed E-state index contributed by atoms with van der Waals surface area (Å²) in [7, 11) is 2.75. The number of benzene rings is 1. The summed E-state index contributed by atoms with van der Waals surface area (Å²) in [6.45, 7) is 4.00. The normalized spacial score (nSPS) is 9.52. The molecule has 1 aromatic heterocycles. The molecule has 2 aromatic rings. The number of ether oxygens (including phenoxy) is 2. The summed E-state index contributed by atoms with van der Waals surface area (Å²) in [5, 5.41) is 0.657. The largest absolute Gasteiger partial charge is 0.494 e. The maximum atomic E-state index is 11.5. The molecule has 0 aliphatic carbocycles. The fourth-order valence-electron chi connectivity index (χ4n) is 1.73. The molecular weight excluding hydrogens is 272 g/mol. The first-order chi connectivity index (χ1) is 10.1. The van der Waals surface area contributed by atoms with Crippen LogP contribution in [0.15, 0.2) is 24.3 Å². The molecule has 2 rings (SSSR count). The number of carbonyl (C=O) groups excluding carboxylic acids is 2. The van der Waals surface area contributed by atoms with Gasteiger partial charge in [0.1, 0.15) is 17.0 Å². The van der Waals surface area contributed by atoms with E-state index in [0.29, 0.717) is 22.2 Å². The summed E-state index contributed by atoms with van der Waals surface area (Å²) in [6, 6.07) is 6.26. The van der Waals surface area contributed by atoms with Gasteiger partial charge in [-0.2, -0.15) is 0 Å². The van der Waals surface area contributed by atoms with Crippen molar-refractivity contribution in [2.45, 2.75) is 13.8 Å². The number of methoxy groups -OCH3 is 2. The summed E-state index contributed by atoms with van der Waals surface area (Å²) < 4.78 is 9.83. The zero-order chi connectivity index (χ0) is 16.0. The molecule has 1 heterocycles. The van der Waals surface area contributed by atoms with Crippen LogP contribution < -0.4 is 10.5 Å². The molecule has 0 aliphatic heterocycles. The maximum absolute atomic E-state index is 11.5. The molecule has 21 heavy (non-hydrogen) atoms. The standard InChI is InChI=1S/C13H12N2O4.C2H6/c1-18-10-6-8(13(17)19-2)5-7-3-4-9(12(14)16)15-11(7)10;1-2/h3-6H,1-2H3,(H2,14,16);1-2H3. The van der Waals surface area contributed by atoms with Crippen LogP contribution in [-0.2, 0) is 4.74 Å². The number of primary amides is 1. The molecule has 0 spiro atoms. The highest BCUT2D eigenvalue weighted by Gasteiger charge is 2.13. The van der Waals surface area contributed by atoms with E-state index in [4.69, 9.17) is 10.5 Å². The zero-order valence-electron chi connectivity index (χ0n) is 12.5. The molecule has 112 valence electrons. The lowest BCUT2D eigenvalue weighted by molar-refractivity contribution is 0.0600. The number of carbonyl (C=O) groups is 2. The van der Waals surface area contributed by atoms with Crippen molar-refractivity contribution in [1.29, 1.82) is 0 Å². The Morgan fingerprint density at radius 3 is 2.33 bits per heavy atom. The quantitative estimate of drug-likeness (QED) is 0.874. The predicted molar refractivity (Wildman–Crippen MR) is 79.5 cm³/mol. The van der Waals surface area contributed by atoms with Crippen molar-refractivity contribution < 1.29 is 19.1 Å². The summed E-state index contributed by atoms with van der Waals surface area (Å²) >= 11 is 0. The molecular formula is C15H18N2O4. The zero-order valence-corrected chi connectivity index (χ0v) is 12.5. The first-order valence-electron chi connectivity index (χ1n) is 6.43. The van der Waals surface area contributed by atoms with E-state index in [0.717, 1.165) is 0 Å². The first kappa shape index (κ1) is 16.4. The highest BCUT2D eigenvalue weighted by atomic mass is 16.5. The van der Waals surface area contributed by atoms with Crippen LogP contribution in [-0.4, -0.2) is 31.1 Å². The van der Waals surface area contributed by atoms with E-state index in [1.807, 2.05) is 13.8 Å². The summed E-state index contributed by atoms with van der Waals surface area (Å²) in [5.74, 6) is -0.721. The van der Waals surface area contributed by atoms with Gasteiger partial charge in [0.15, 0.2) is 0 Å². The van der Waals surface area contributed by atoms with Crippen LogP contribution in [0.2, 0.25) is 0 Å². The minimum absolute atomic E-state index is 0.136. The molecule has 0 aliphatic rings. The van der Waals surface area contributed by atoms with Crippen molar-refractivity contribution in [3.63, 3.8) is 0 Å². The van der Waals surface area contributed by atoms with Crippen LogP contribution in [0, 0.1) is 0 Å². The highest BCUT2D eigenvalue weighted by molar-refractivity contribution is 5.99. The van der Waals surface area contributed by atoms with Gasteiger partial charge < -0.3 is 15.2 Å². The minimum Gasteiger partial charge on any atom is -0.494 e. The maximum Gasteiger partial charge on any atom is 0.338 e. The van der Waals surface area contributed by atoms with Crippen LogP contribution >= 0.6 is 0 Å². The van der Waals surface area contributed by atoms with Crippen LogP contribution in [0.25, 0.3) is 10.9 Å². The Kier molecular flexibility index (Phi) is 5.66. The number of pyridine rings is 1. The molecule has 6 nitrogen and oxygen atoms in total. The van der Waals surface area contributed by atoms with E-state index in [1.165, 1.54) is 26.4 Å².